The number of hydrogen-bond acceptors (Lipinski definition) is 5. The third-order valence-corrected chi connectivity index (χ3v) is 4.63. The van der Waals surface area contributed by atoms with Gasteiger partial charge in [0.25, 0.3) is 0 Å². The Balaban J connectivity index is 1.76. The van der Waals surface area contributed by atoms with Crippen LogP contribution >= 0.6 is 35.0 Å². The minimum absolute atomic E-state index is 0.398. The second-order valence-corrected chi connectivity index (χ2v) is 6.33. The van der Waals surface area contributed by atoms with Gasteiger partial charge in [0.1, 0.15) is 11.0 Å². The van der Waals surface area contributed by atoms with Crippen molar-refractivity contribution < 1.29 is 0 Å². The van der Waals surface area contributed by atoms with Crippen LogP contribution in [0.25, 0.3) is 0 Å². The van der Waals surface area contributed by atoms with Crippen molar-refractivity contribution in [3.63, 3.8) is 0 Å². The third-order valence-electron chi connectivity index (χ3n) is 3.08. The first kappa shape index (κ1) is 14.1. The quantitative estimate of drug-likeness (QED) is 0.674. The SMILES string of the molecule is NCc1nnc(SCc2cnc(Cl)cc2Cl)n1C1CC1. The van der Waals surface area contributed by atoms with Gasteiger partial charge in [0.05, 0.1) is 6.54 Å². The first-order valence-electron chi connectivity index (χ1n) is 6.25. The first-order valence-corrected chi connectivity index (χ1v) is 7.99. The van der Waals surface area contributed by atoms with E-state index < -0.39 is 0 Å². The molecule has 0 aromatic carbocycles. The molecular formula is C12H13Cl2N5S. The van der Waals surface area contributed by atoms with Gasteiger partial charge in [-0.15, -0.1) is 10.2 Å². The molecule has 106 valence electrons. The topological polar surface area (TPSA) is 69.6 Å². The van der Waals surface area contributed by atoms with Crippen LogP contribution in [-0.2, 0) is 12.3 Å². The van der Waals surface area contributed by atoms with Gasteiger partial charge in [-0.3, -0.25) is 0 Å². The third kappa shape index (κ3) is 2.93. The maximum absolute atomic E-state index is 6.14. The molecule has 0 radical (unpaired) electrons. The molecule has 0 atom stereocenters. The van der Waals surface area contributed by atoms with Gasteiger partial charge < -0.3 is 10.3 Å². The number of aromatic nitrogens is 4. The molecule has 0 spiro atoms. The van der Waals surface area contributed by atoms with Gasteiger partial charge in [0.15, 0.2) is 5.16 Å². The van der Waals surface area contributed by atoms with Crippen LogP contribution in [0.3, 0.4) is 0 Å². The Hall–Kier alpha value is -0.820. The first-order chi connectivity index (χ1) is 9.69. The van der Waals surface area contributed by atoms with Crippen molar-refractivity contribution in [2.45, 2.75) is 36.3 Å². The zero-order valence-corrected chi connectivity index (χ0v) is 12.9. The minimum atomic E-state index is 0.398. The van der Waals surface area contributed by atoms with E-state index in [2.05, 4.69) is 19.7 Å². The van der Waals surface area contributed by atoms with Crippen LogP contribution in [0.15, 0.2) is 17.4 Å². The molecule has 2 N–H and O–H groups in total. The standard InChI is InChI=1S/C12H13Cl2N5S/c13-9-3-10(14)16-5-7(9)6-20-12-18-17-11(4-15)19(12)8-1-2-8/h3,5,8H,1-2,4,6,15H2. The highest BCUT2D eigenvalue weighted by Crippen LogP contribution is 2.39. The summed E-state index contributed by atoms with van der Waals surface area (Å²) in [5.74, 6) is 1.52. The average molecular weight is 330 g/mol. The zero-order valence-electron chi connectivity index (χ0n) is 10.6. The van der Waals surface area contributed by atoms with Crippen molar-refractivity contribution >= 4 is 35.0 Å². The molecule has 0 amide bonds. The summed E-state index contributed by atoms with van der Waals surface area (Å²) in [7, 11) is 0. The molecule has 0 unspecified atom stereocenters. The minimum Gasteiger partial charge on any atom is -0.324 e. The number of nitrogens with zero attached hydrogens (tertiary/aromatic N) is 4. The molecule has 1 aliphatic carbocycles. The number of thioether (sulfide) groups is 1. The Bertz CT molecular complexity index is 626. The average Bonchev–Trinajstić information content (AvgIpc) is 3.18. The molecule has 2 aromatic heterocycles. The van der Waals surface area contributed by atoms with E-state index in [0.29, 0.717) is 28.5 Å². The maximum Gasteiger partial charge on any atom is 0.191 e. The Kier molecular flexibility index (Phi) is 4.16. The highest BCUT2D eigenvalue weighted by Gasteiger charge is 2.29. The fraction of sp³-hybridized carbons (Fsp3) is 0.417. The number of rotatable bonds is 5. The molecule has 1 fully saturated rings. The molecule has 0 aliphatic heterocycles. The van der Waals surface area contributed by atoms with Gasteiger partial charge in [-0.25, -0.2) is 4.98 Å². The predicted molar refractivity (Wildman–Crippen MR) is 80.0 cm³/mol. The molecule has 2 heterocycles. The molecular weight excluding hydrogens is 317 g/mol. The molecule has 3 rings (SSSR count). The van der Waals surface area contributed by atoms with Crippen molar-refractivity contribution in [1.82, 2.24) is 19.7 Å². The lowest BCUT2D eigenvalue weighted by molar-refractivity contribution is 0.626. The lowest BCUT2D eigenvalue weighted by Gasteiger charge is -2.08. The van der Waals surface area contributed by atoms with Crippen molar-refractivity contribution in [2.75, 3.05) is 0 Å². The van der Waals surface area contributed by atoms with Gasteiger partial charge in [0, 0.05) is 23.0 Å². The normalized spacial score (nSPS) is 14.8. The summed E-state index contributed by atoms with van der Waals surface area (Å²) in [4.78, 5) is 4.05. The molecule has 2 aromatic rings. The van der Waals surface area contributed by atoms with E-state index in [-0.39, 0.29) is 0 Å². The maximum atomic E-state index is 6.14. The van der Waals surface area contributed by atoms with Crippen LogP contribution in [0.1, 0.15) is 30.3 Å². The van der Waals surface area contributed by atoms with E-state index in [9.17, 15) is 0 Å². The summed E-state index contributed by atoms with van der Waals surface area (Å²) < 4.78 is 2.14. The van der Waals surface area contributed by atoms with Crippen LogP contribution in [0.5, 0.6) is 0 Å². The highest BCUT2D eigenvalue weighted by atomic mass is 35.5. The van der Waals surface area contributed by atoms with Gasteiger partial charge >= 0.3 is 0 Å². The van der Waals surface area contributed by atoms with E-state index in [4.69, 9.17) is 28.9 Å². The number of hydrogen-bond donors (Lipinski definition) is 1. The summed E-state index contributed by atoms with van der Waals surface area (Å²) in [6.07, 6.45) is 4.03. The van der Waals surface area contributed by atoms with Crippen molar-refractivity contribution in [3.05, 3.63) is 33.8 Å². The summed E-state index contributed by atoms with van der Waals surface area (Å²) in [5, 5.41) is 10.3. The van der Waals surface area contributed by atoms with Gasteiger partial charge in [-0.05, 0) is 24.5 Å². The largest absolute Gasteiger partial charge is 0.324 e. The number of halogens is 2. The fourth-order valence-electron chi connectivity index (χ4n) is 1.93. The summed E-state index contributed by atoms with van der Waals surface area (Å²) >= 11 is 13.5. The highest BCUT2D eigenvalue weighted by molar-refractivity contribution is 7.98. The van der Waals surface area contributed by atoms with Gasteiger partial charge in [-0.1, -0.05) is 35.0 Å². The van der Waals surface area contributed by atoms with Crippen LogP contribution in [0.4, 0.5) is 0 Å². The molecule has 1 aliphatic rings. The van der Waals surface area contributed by atoms with Crippen LogP contribution < -0.4 is 5.73 Å². The lowest BCUT2D eigenvalue weighted by atomic mass is 10.3. The van der Waals surface area contributed by atoms with Gasteiger partial charge in [0.2, 0.25) is 0 Å². The van der Waals surface area contributed by atoms with Crippen LogP contribution in [-0.4, -0.2) is 19.7 Å². The van der Waals surface area contributed by atoms with E-state index in [0.717, 1.165) is 16.5 Å². The second-order valence-electron chi connectivity index (χ2n) is 4.59. The molecule has 5 nitrogen and oxygen atoms in total. The predicted octanol–water partition coefficient (Wildman–Crippen LogP) is 3.07. The van der Waals surface area contributed by atoms with Crippen molar-refractivity contribution in [3.8, 4) is 0 Å². The van der Waals surface area contributed by atoms with Crippen molar-refractivity contribution in [2.24, 2.45) is 5.73 Å². The van der Waals surface area contributed by atoms with Crippen molar-refractivity contribution in [1.29, 1.82) is 0 Å². The Morgan fingerprint density at radius 3 is 2.80 bits per heavy atom. The Morgan fingerprint density at radius 2 is 2.15 bits per heavy atom. The van der Waals surface area contributed by atoms with E-state index >= 15 is 0 Å². The number of nitrogens with two attached hydrogens (primary N) is 1. The van der Waals surface area contributed by atoms with E-state index in [1.807, 2.05) is 0 Å². The lowest BCUT2D eigenvalue weighted by Crippen LogP contribution is -2.08. The van der Waals surface area contributed by atoms with Gasteiger partial charge in [-0.2, -0.15) is 0 Å². The summed E-state index contributed by atoms with van der Waals surface area (Å²) in [6, 6.07) is 2.15. The summed E-state index contributed by atoms with van der Waals surface area (Å²) in [5.41, 5.74) is 6.63. The second kappa shape index (κ2) is 5.89. The molecule has 20 heavy (non-hydrogen) atoms. The summed E-state index contributed by atoms with van der Waals surface area (Å²) in [6.45, 7) is 0.410. The monoisotopic (exact) mass is 329 g/mol. The Labute approximate surface area is 130 Å². The smallest absolute Gasteiger partial charge is 0.191 e. The van der Waals surface area contributed by atoms with Crippen LogP contribution in [0.2, 0.25) is 10.2 Å². The number of pyridine rings is 1. The van der Waals surface area contributed by atoms with E-state index in [1.54, 1.807) is 24.0 Å². The molecule has 1 saturated carbocycles. The van der Waals surface area contributed by atoms with Crippen LogP contribution in [0, 0.1) is 0 Å². The van der Waals surface area contributed by atoms with E-state index in [1.165, 1.54) is 12.8 Å². The fourth-order valence-corrected chi connectivity index (χ4v) is 3.45. The Morgan fingerprint density at radius 1 is 1.35 bits per heavy atom. The zero-order chi connectivity index (χ0) is 14.1. The molecule has 0 saturated heterocycles. The molecule has 8 heteroatoms. The molecule has 0 bridgehead atoms.